The highest BCUT2D eigenvalue weighted by Gasteiger charge is 2.26. The average molecular weight is 409 g/mol. The summed E-state index contributed by atoms with van der Waals surface area (Å²) in [6, 6.07) is 15.1. The molecular formula is C22H23N3O5. The largest absolute Gasteiger partial charge is 0.452 e. The third kappa shape index (κ3) is 5.22. The number of hydrogen-bond donors (Lipinski definition) is 2. The lowest BCUT2D eigenvalue weighted by Gasteiger charge is -2.30. The van der Waals surface area contributed by atoms with Gasteiger partial charge in [0, 0.05) is 24.6 Å². The van der Waals surface area contributed by atoms with E-state index < -0.39 is 12.6 Å². The first-order valence-corrected chi connectivity index (χ1v) is 9.65. The molecule has 1 aliphatic rings. The van der Waals surface area contributed by atoms with Crippen molar-refractivity contribution in [2.24, 2.45) is 11.7 Å². The van der Waals surface area contributed by atoms with E-state index in [0.717, 1.165) is 0 Å². The summed E-state index contributed by atoms with van der Waals surface area (Å²) in [5, 5.41) is 2.70. The summed E-state index contributed by atoms with van der Waals surface area (Å²) in [5.74, 6) is -1.99. The maximum absolute atomic E-state index is 12.5. The normalized spacial score (nSPS) is 14.1. The molecule has 2 aromatic carbocycles. The molecule has 8 heteroatoms. The Bertz CT molecular complexity index is 937. The number of hydrogen-bond acceptors (Lipinski definition) is 5. The zero-order chi connectivity index (χ0) is 21.5. The summed E-state index contributed by atoms with van der Waals surface area (Å²) < 4.78 is 5.17. The topological polar surface area (TPSA) is 119 Å². The Balaban J connectivity index is 1.58. The minimum Gasteiger partial charge on any atom is -0.452 e. The zero-order valence-electron chi connectivity index (χ0n) is 16.4. The van der Waals surface area contributed by atoms with E-state index in [1.54, 1.807) is 53.4 Å². The summed E-state index contributed by atoms with van der Waals surface area (Å²) >= 11 is 0. The molecule has 0 saturated carbocycles. The highest BCUT2D eigenvalue weighted by atomic mass is 16.5. The number of para-hydroxylation sites is 1. The van der Waals surface area contributed by atoms with Gasteiger partial charge < -0.3 is 20.7 Å². The van der Waals surface area contributed by atoms with E-state index in [9.17, 15) is 19.2 Å². The molecule has 0 radical (unpaired) electrons. The predicted molar refractivity (Wildman–Crippen MR) is 110 cm³/mol. The Morgan fingerprint density at radius 2 is 1.60 bits per heavy atom. The van der Waals surface area contributed by atoms with Gasteiger partial charge >= 0.3 is 5.97 Å². The molecule has 30 heavy (non-hydrogen) atoms. The summed E-state index contributed by atoms with van der Waals surface area (Å²) in [4.78, 5) is 50.0. The van der Waals surface area contributed by atoms with Gasteiger partial charge in [-0.3, -0.25) is 14.4 Å². The summed E-state index contributed by atoms with van der Waals surface area (Å²) in [5.41, 5.74) is 6.20. The molecule has 3 rings (SSSR count). The fourth-order valence-electron chi connectivity index (χ4n) is 3.26. The molecule has 0 aliphatic carbocycles. The highest BCUT2D eigenvalue weighted by Crippen LogP contribution is 2.19. The van der Waals surface area contributed by atoms with Crippen LogP contribution >= 0.6 is 0 Å². The number of esters is 1. The molecule has 3 amide bonds. The van der Waals surface area contributed by atoms with Crippen molar-refractivity contribution >= 4 is 29.4 Å². The average Bonchev–Trinajstić information content (AvgIpc) is 2.78. The van der Waals surface area contributed by atoms with Crippen LogP contribution in [0.25, 0.3) is 0 Å². The lowest BCUT2D eigenvalue weighted by atomic mass is 9.96. The van der Waals surface area contributed by atoms with Crippen LogP contribution in [-0.2, 0) is 14.3 Å². The van der Waals surface area contributed by atoms with E-state index in [2.05, 4.69) is 5.32 Å². The smallest absolute Gasteiger partial charge is 0.340 e. The molecule has 2 aromatic rings. The molecule has 3 N–H and O–H groups in total. The second-order valence-electron chi connectivity index (χ2n) is 7.00. The van der Waals surface area contributed by atoms with E-state index in [4.69, 9.17) is 10.5 Å². The fourth-order valence-corrected chi connectivity index (χ4v) is 3.26. The summed E-state index contributed by atoms with van der Waals surface area (Å²) in [6.07, 6.45) is 1.01. The molecule has 1 saturated heterocycles. The van der Waals surface area contributed by atoms with Gasteiger partial charge in [0.1, 0.15) is 0 Å². The van der Waals surface area contributed by atoms with Crippen LogP contribution in [0.5, 0.6) is 0 Å². The number of likely N-dealkylation sites (tertiary alicyclic amines) is 1. The van der Waals surface area contributed by atoms with Crippen LogP contribution in [0, 0.1) is 5.92 Å². The lowest BCUT2D eigenvalue weighted by molar-refractivity contribution is -0.137. The molecule has 1 heterocycles. The van der Waals surface area contributed by atoms with E-state index in [1.165, 1.54) is 6.07 Å². The first-order chi connectivity index (χ1) is 14.5. The number of rotatable bonds is 6. The van der Waals surface area contributed by atoms with Gasteiger partial charge in [0.15, 0.2) is 6.61 Å². The van der Waals surface area contributed by atoms with Crippen LogP contribution in [0.4, 0.5) is 5.69 Å². The number of anilines is 1. The van der Waals surface area contributed by atoms with Crippen LogP contribution in [0.15, 0.2) is 54.6 Å². The van der Waals surface area contributed by atoms with Crippen molar-refractivity contribution in [1.82, 2.24) is 4.90 Å². The monoisotopic (exact) mass is 409 g/mol. The molecule has 1 fully saturated rings. The van der Waals surface area contributed by atoms with Gasteiger partial charge in [-0.2, -0.15) is 0 Å². The van der Waals surface area contributed by atoms with Crippen LogP contribution < -0.4 is 11.1 Å². The second kappa shape index (κ2) is 9.69. The third-order valence-electron chi connectivity index (χ3n) is 5.01. The van der Waals surface area contributed by atoms with E-state index in [0.29, 0.717) is 37.2 Å². The van der Waals surface area contributed by atoms with Gasteiger partial charge in [0.25, 0.3) is 11.8 Å². The van der Waals surface area contributed by atoms with Crippen LogP contribution in [0.3, 0.4) is 0 Å². The van der Waals surface area contributed by atoms with E-state index >= 15 is 0 Å². The van der Waals surface area contributed by atoms with Crippen molar-refractivity contribution < 1.29 is 23.9 Å². The maximum Gasteiger partial charge on any atom is 0.340 e. The number of amides is 3. The van der Waals surface area contributed by atoms with Crippen LogP contribution in [0.1, 0.15) is 33.6 Å². The van der Waals surface area contributed by atoms with Crippen LogP contribution in [-0.4, -0.2) is 48.3 Å². The summed E-state index contributed by atoms with van der Waals surface area (Å²) in [6.45, 7) is 0.377. The van der Waals surface area contributed by atoms with Gasteiger partial charge in [0.05, 0.1) is 11.3 Å². The van der Waals surface area contributed by atoms with Crippen molar-refractivity contribution in [1.29, 1.82) is 0 Å². The predicted octanol–water partition coefficient (Wildman–Crippen LogP) is 1.82. The lowest BCUT2D eigenvalue weighted by Crippen LogP contribution is -2.43. The van der Waals surface area contributed by atoms with Gasteiger partial charge in [0.2, 0.25) is 5.91 Å². The SMILES string of the molecule is NC(=O)C1CCN(C(=O)COC(=O)c2ccccc2NC(=O)c2ccccc2)CC1. The van der Waals surface area contributed by atoms with Crippen LogP contribution in [0.2, 0.25) is 0 Å². The Hall–Kier alpha value is -3.68. The first-order valence-electron chi connectivity index (χ1n) is 9.65. The molecular weight excluding hydrogens is 386 g/mol. The number of carbonyl (C=O) groups excluding carboxylic acids is 4. The molecule has 1 aliphatic heterocycles. The van der Waals surface area contributed by atoms with Crippen molar-refractivity contribution in [2.45, 2.75) is 12.8 Å². The third-order valence-corrected chi connectivity index (χ3v) is 5.01. The van der Waals surface area contributed by atoms with Gasteiger partial charge in [-0.15, -0.1) is 0 Å². The van der Waals surface area contributed by atoms with Crippen molar-refractivity contribution in [3.05, 3.63) is 65.7 Å². The van der Waals surface area contributed by atoms with E-state index in [-0.39, 0.29) is 29.2 Å². The number of benzene rings is 2. The van der Waals surface area contributed by atoms with Gasteiger partial charge in [-0.25, -0.2) is 4.79 Å². The maximum atomic E-state index is 12.5. The number of piperidine rings is 1. The molecule has 8 nitrogen and oxygen atoms in total. The van der Waals surface area contributed by atoms with E-state index in [1.807, 2.05) is 0 Å². The summed E-state index contributed by atoms with van der Waals surface area (Å²) in [7, 11) is 0. The minimum absolute atomic E-state index is 0.155. The zero-order valence-corrected chi connectivity index (χ0v) is 16.4. The molecule has 0 bridgehead atoms. The first kappa shape index (κ1) is 21.0. The number of nitrogens with one attached hydrogen (secondary N) is 1. The number of nitrogens with zero attached hydrogens (tertiary/aromatic N) is 1. The number of ether oxygens (including phenoxy) is 1. The molecule has 0 aromatic heterocycles. The number of nitrogens with two attached hydrogens (primary N) is 1. The quantitative estimate of drug-likeness (QED) is 0.706. The second-order valence-corrected chi connectivity index (χ2v) is 7.00. The van der Waals surface area contributed by atoms with Gasteiger partial charge in [-0.05, 0) is 37.1 Å². The Morgan fingerprint density at radius 3 is 2.27 bits per heavy atom. The fraction of sp³-hybridized carbons (Fsp3) is 0.273. The highest BCUT2D eigenvalue weighted by molar-refractivity contribution is 6.08. The number of carbonyl (C=O) groups is 4. The van der Waals surface area contributed by atoms with Crippen molar-refractivity contribution in [3.8, 4) is 0 Å². The van der Waals surface area contributed by atoms with Crippen molar-refractivity contribution in [2.75, 3.05) is 25.0 Å². The molecule has 0 atom stereocenters. The standard InChI is InChI=1S/C22H23N3O5/c23-20(27)15-10-12-25(13-11-15)19(26)14-30-22(29)17-8-4-5-9-18(17)24-21(28)16-6-2-1-3-7-16/h1-9,15H,10-14H2,(H2,23,27)(H,24,28). The van der Waals surface area contributed by atoms with Gasteiger partial charge in [-0.1, -0.05) is 30.3 Å². The molecule has 0 spiro atoms. The van der Waals surface area contributed by atoms with Crippen molar-refractivity contribution in [3.63, 3.8) is 0 Å². The Labute approximate surface area is 174 Å². The molecule has 156 valence electrons. The minimum atomic E-state index is -0.709. The Kier molecular flexibility index (Phi) is 6.79. The Morgan fingerprint density at radius 1 is 0.967 bits per heavy atom. The molecule has 0 unspecified atom stereocenters. The number of primary amides is 1.